The number of nitrogens with two attached hydrogens (primary N) is 1. The summed E-state index contributed by atoms with van der Waals surface area (Å²) in [6.07, 6.45) is 0. The molecule has 1 aromatic rings. The normalized spacial score (nSPS) is 13.4. The summed E-state index contributed by atoms with van der Waals surface area (Å²) in [5, 5.41) is 7.41. The standard InChI is InChI=1S/C14H23N3O2S/c1-5-17(9-12(4)14(15)16)20(18,19)13-8-10(2)6-7-11(13)3/h6-8,12H,5,9H2,1-4H3,(H3,15,16). The number of aryl methyl sites for hydroxylation is 2. The summed E-state index contributed by atoms with van der Waals surface area (Å²) in [6.45, 7) is 7.77. The van der Waals surface area contributed by atoms with E-state index in [1.807, 2.05) is 19.1 Å². The second-order valence-electron chi connectivity index (χ2n) is 5.08. The molecule has 0 bridgehead atoms. The smallest absolute Gasteiger partial charge is 0.243 e. The van der Waals surface area contributed by atoms with Gasteiger partial charge in [-0.25, -0.2) is 8.42 Å². The van der Waals surface area contributed by atoms with Crippen LogP contribution < -0.4 is 5.73 Å². The number of nitrogens with one attached hydrogen (secondary N) is 1. The van der Waals surface area contributed by atoms with E-state index in [1.165, 1.54) is 4.31 Å². The zero-order chi connectivity index (χ0) is 15.5. The summed E-state index contributed by atoms with van der Waals surface area (Å²) in [5.74, 6) is -0.297. The Morgan fingerprint density at radius 3 is 2.50 bits per heavy atom. The van der Waals surface area contributed by atoms with Gasteiger partial charge in [-0.15, -0.1) is 0 Å². The van der Waals surface area contributed by atoms with Crippen molar-refractivity contribution in [3.63, 3.8) is 0 Å². The third kappa shape index (κ3) is 3.58. The van der Waals surface area contributed by atoms with Crippen LogP contribution in [0.15, 0.2) is 23.1 Å². The summed E-state index contributed by atoms with van der Waals surface area (Å²) in [4.78, 5) is 0.329. The van der Waals surface area contributed by atoms with Crippen LogP contribution in [0.1, 0.15) is 25.0 Å². The van der Waals surface area contributed by atoms with Crippen molar-refractivity contribution in [1.29, 1.82) is 5.41 Å². The second-order valence-corrected chi connectivity index (χ2v) is 6.99. The van der Waals surface area contributed by atoms with Gasteiger partial charge in [0.25, 0.3) is 0 Å². The highest BCUT2D eigenvalue weighted by atomic mass is 32.2. The first-order chi connectivity index (χ1) is 9.20. The van der Waals surface area contributed by atoms with Crippen molar-refractivity contribution in [2.24, 2.45) is 11.7 Å². The first-order valence-electron chi connectivity index (χ1n) is 6.61. The van der Waals surface area contributed by atoms with Gasteiger partial charge in [0.2, 0.25) is 10.0 Å². The first-order valence-corrected chi connectivity index (χ1v) is 8.05. The van der Waals surface area contributed by atoms with E-state index in [0.717, 1.165) is 11.1 Å². The number of nitrogens with zero attached hydrogens (tertiary/aromatic N) is 1. The molecule has 0 radical (unpaired) electrons. The van der Waals surface area contributed by atoms with Gasteiger partial charge >= 0.3 is 0 Å². The van der Waals surface area contributed by atoms with Crippen LogP contribution in [-0.2, 0) is 10.0 Å². The van der Waals surface area contributed by atoms with Crippen LogP contribution in [0.3, 0.4) is 0 Å². The van der Waals surface area contributed by atoms with Crippen molar-refractivity contribution in [3.05, 3.63) is 29.3 Å². The number of hydrogen-bond donors (Lipinski definition) is 2. The molecule has 1 atom stereocenters. The molecule has 0 saturated carbocycles. The molecule has 0 aliphatic heterocycles. The first kappa shape index (κ1) is 16.7. The molecule has 0 aromatic heterocycles. The van der Waals surface area contributed by atoms with Crippen molar-refractivity contribution in [2.75, 3.05) is 13.1 Å². The van der Waals surface area contributed by atoms with Crippen molar-refractivity contribution in [3.8, 4) is 0 Å². The molecule has 0 fully saturated rings. The number of hydrogen-bond acceptors (Lipinski definition) is 3. The topological polar surface area (TPSA) is 87.2 Å². The Hall–Kier alpha value is -1.40. The van der Waals surface area contributed by atoms with Gasteiger partial charge < -0.3 is 5.73 Å². The minimum absolute atomic E-state index is 0.000357. The highest BCUT2D eigenvalue weighted by molar-refractivity contribution is 7.89. The molecule has 6 heteroatoms. The van der Waals surface area contributed by atoms with Crippen LogP contribution in [0.4, 0.5) is 0 Å². The largest absolute Gasteiger partial charge is 0.387 e. The highest BCUT2D eigenvalue weighted by Crippen LogP contribution is 2.22. The predicted molar refractivity (Wildman–Crippen MR) is 81.4 cm³/mol. The maximum Gasteiger partial charge on any atom is 0.243 e. The van der Waals surface area contributed by atoms with Gasteiger partial charge in [-0.1, -0.05) is 26.0 Å². The average Bonchev–Trinajstić information content (AvgIpc) is 2.37. The van der Waals surface area contributed by atoms with E-state index >= 15 is 0 Å². The summed E-state index contributed by atoms with van der Waals surface area (Å²) in [5.41, 5.74) is 7.07. The number of amidine groups is 1. The van der Waals surface area contributed by atoms with Gasteiger partial charge in [0.05, 0.1) is 10.7 Å². The molecule has 0 amide bonds. The van der Waals surface area contributed by atoms with E-state index in [0.29, 0.717) is 11.4 Å². The van der Waals surface area contributed by atoms with Crippen LogP contribution in [0.2, 0.25) is 0 Å². The molecule has 20 heavy (non-hydrogen) atoms. The summed E-state index contributed by atoms with van der Waals surface area (Å²) < 4.78 is 26.8. The lowest BCUT2D eigenvalue weighted by Crippen LogP contribution is -2.38. The van der Waals surface area contributed by atoms with Gasteiger partial charge in [0.1, 0.15) is 0 Å². The minimum atomic E-state index is -3.55. The number of benzene rings is 1. The molecule has 1 unspecified atom stereocenters. The molecule has 0 spiro atoms. The predicted octanol–water partition coefficient (Wildman–Crippen LogP) is 1.89. The Kier molecular flexibility index (Phi) is 5.30. The van der Waals surface area contributed by atoms with E-state index in [2.05, 4.69) is 0 Å². The molecular formula is C14H23N3O2S. The minimum Gasteiger partial charge on any atom is -0.387 e. The molecular weight excluding hydrogens is 274 g/mol. The monoisotopic (exact) mass is 297 g/mol. The van der Waals surface area contributed by atoms with E-state index in [1.54, 1.807) is 26.8 Å². The van der Waals surface area contributed by atoms with Gasteiger partial charge in [-0.3, -0.25) is 5.41 Å². The van der Waals surface area contributed by atoms with Crippen molar-refractivity contribution >= 4 is 15.9 Å². The van der Waals surface area contributed by atoms with Gasteiger partial charge in [-0.2, -0.15) is 4.31 Å². The Labute approximate surface area is 121 Å². The molecule has 5 nitrogen and oxygen atoms in total. The van der Waals surface area contributed by atoms with Gasteiger partial charge in [-0.05, 0) is 31.0 Å². The molecule has 0 aliphatic carbocycles. The van der Waals surface area contributed by atoms with Crippen molar-refractivity contribution < 1.29 is 8.42 Å². The summed E-state index contributed by atoms with van der Waals surface area (Å²) in [7, 11) is -3.55. The zero-order valence-corrected chi connectivity index (χ0v) is 13.3. The van der Waals surface area contributed by atoms with E-state index in [-0.39, 0.29) is 18.3 Å². The van der Waals surface area contributed by atoms with Crippen LogP contribution in [0.25, 0.3) is 0 Å². The Morgan fingerprint density at radius 2 is 2.00 bits per heavy atom. The van der Waals surface area contributed by atoms with Crippen LogP contribution in [-0.4, -0.2) is 31.6 Å². The van der Waals surface area contributed by atoms with Crippen LogP contribution in [0.5, 0.6) is 0 Å². The van der Waals surface area contributed by atoms with Crippen LogP contribution in [0, 0.1) is 25.2 Å². The van der Waals surface area contributed by atoms with E-state index < -0.39 is 10.0 Å². The number of sulfonamides is 1. The van der Waals surface area contributed by atoms with Gasteiger partial charge in [0, 0.05) is 19.0 Å². The quantitative estimate of drug-likeness (QED) is 0.621. The maximum absolute atomic E-state index is 12.7. The summed E-state index contributed by atoms with van der Waals surface area (Å²) in [6, 6.07) is 5.39. The second kappa shape index (κ2) is 6.37. The van der Waals surface area contributed by atoms with Crippen molar-refractivity contribution in [1.82, 2.24) is 4.31 Å². The fourth-order valence-corrected chi connectivity index (χ4v) is 3.77. The third-order valence-electron chi connectivity index (χ3n) is 3.32. The van der Waals surface area contributed by atoms with Gasteiger partial charge in [0.15, 0.2) is 0 Å². The van der Waals surface area contributed by atoms with Crippen LogP contribution >= 0.6 is 0 Å². The lowest BCUT2D eigenvalue weighted by molar-refractivity contribution is 0.403. The molecule has 0 saturated heterocycles. The highest BCUT2D eigenvalue weighted by Gasteiger charge is 2.26. The fourth-order valence-electron chi connectivity index (χ4n) is 1.93. The SMILES string of the molecule is CCN(CC(C)C(=N)N)S(=O)(=O)c1cc(C)ccc1C. The molecule has 3 N–H and O–H groups in total. The van der Waals surface area contributed by atoms with E-state index in [4.69, 9.17) is 11.1 Å². The summed E-state index contributed by atoms with van der Waals surface area (Å²) >= 11 is 0. The Balaban J connectivity index is 3.18. The Bertz CT molecular complexity index is 596. The lowest BCUT2D eigenvalue weighted by Gasteiger charge is -2.24. The third-order valence-corrected chi connectivity index (χ3v) is 5.41. The fraction of sp³-hybridized carbons (Fsp3) is 0.500. The zero-order valence-electron chi connectivity index (χ0n) is 12.5. The lowest BCUT2D eigenvalue weighted by atomic mass is 10.1. The average molecular weight is 297 g/mol. The number of rotatable bonds is 6. The molecule has 1 aromatic carbocycles. The maximum atomic E-state index is 12.7. The molecule has 0 aliphatic rings. The van der Waals surface area contributed by atoms with Crippen molar-refractivity contribution in [2.45, 2.75) is 32.6 Å². The molecule has 0 heterocycles. The van der Waals surface area contributed by atoms with E-state index in [9.17, 15) is 8.42 Å². The Morgan fingerprint density at radius 1 is 1.40 bits per heavy atom. The molecule has 112 valence electrons. The molecule has 1 rings (SSSR count).